The first-order chi connectivity index (χ1) is 6.74. The maximum Gasteiger partial charge on any atom is 0.228 e. The van der Waals surface area contributed by atoms with Gasteiger partial charge in [-0.3, -0.25) is 9.89 Å². The maximum absolute atomic E-state index is 11.5. The van der Waals surface area contributed by atoms with E-state index in [1.54, 1.807) is 12.3 Å². The number of carbonyl (C=O) groups is 1. The number of nitrogens with one attached hydrogen (secondary N) is 2. The van der Waals surface area contributed by atoms with Crippen molar-refractivity contribution >= 4 is 11.7 Å². The van der Waals surface area contributed by atoms with Gasteiger partial charge in [-0.25, -0.2) is 0 Å². The van der Waals surface area contributed by atoms with Crippen molar-refractivity contribution in [2.45, 2.75) is 19.8 Å². The third-order valence-electron chi connectivity index (χ3n) is 2.05. The van der Waals surface area contributed by atoms with Crippen molar-refractivity contribution in [2.24, 2.45) is 11.7 Å². The van der Waals surface area contributed by atoms with Crippen molar-refractivity contribution in [2.75, 3.05) is 11.9 Å². The molecule has 0 fully saturated rings. The summed E-state index contributed by atoms with van der Waals surface area (Å²) in [4.78, 5) is 11.5. The Bertz CT molecular complexity index is 270. The molecule has 0 spiro atoms. The second-order valence-corrected chi connectivity index (χ2v) is 3.29. The molecule has 0 aliphatic carbocycles. The lowest BCUT2D eigenvalue weighted by molar-refractivity contribution is -0.119. The minimum atomic E-state index is -0.0122. The van der Waals surface area contributed by atoms with E-state index in [-0.39, 0.29) is 11.8 Å². The summed E-state index contributed by atoms with van der Waals surface area (Å²) in [5, 5.41) is 9.14. The molecule has 1 unspecified atom stereocenters. The molecular weight excluding hydrogens is 180 g/mol. The summed E-state index contributed by atoms with van der Waals surface area (Å²) in [5.41, 5.74) is 5.37. The van der Waals surface area contributed by atoms with Crippen LogP contribution in [-0.2, 0) is 4.79 Å². The summed E-state index contributed by atoms with van der Waals surface area (Å²) in [6.07, 6.45) is 3.29. The first-order valence-electron chi connectivity index (χ1n) is 4.74. The Balaban J connectivity index is 2.34. The highest BCUT2D eigenvalue weighted by molar-refractivity contribution is 5.91. The Morgan fingerprint density at radius 3 is 3.14 bits per heavy atom. The van der Waals surface area contributed by atoms with Crippen LogP contribution in [0.2, 0.25) is 0 Å². The lowest BCUT2D eigenvalue weighted by Gasteiger charge is -2.09. The summed E-state index contributed by atoms with van der Waals surface area (Å²) >= 11 is 0. The van der Waals surface area contributed by atoms with Gasteiger partial charge in [-0.05, 0) is 19.4 Å². The van der Waals surface area contributed by atoms with Crippen LogP contribution in [0.1, 0.15) is 19.8 Å². The smallest absolute Gasteiger partial charge is 0.228 e. The molecule has 1 amide bonds. The summed E-state index contributed by atoms with van der Waals surface area (Å²) in [6, 6.07) is 1.72. The van der Waals surface area contributed by atoms with E-state index in [2.05, 4.69) is 15.5 Å². The van der Waals surface area contributed by atoms with Crippen molar-refractivity contribution in [3.8, 4) is 0 Å². The third-order valence-corrected chi connectivity index (χ3v) is 2.05. The topological polar surface area (TPSA) is 83.8 Å². The quantitative estimate of drug-likeness (QED) is 0.649. The molecule has 4 N–H and O–H groups in total. The van der Waals surface area contributed by atoms with Gasteiger partial charge in [-0.2, -0.15) is 5.10 Å². The summed E-state index contributed by atoms with van der Waals surface area (Å²) in [6.45, 7) is 2.52. The minimum absolute atomic E-state index is 0.00250. The third kappa shape index (κ3) is 3.18. The van der Waals surface area contributed by atoms with Crippen LogP contribution < -0.4 is 11.1 Å². The zero-order chi connectivity index (χ0) is 10.4. The highest BCUT2D eigenvalue weighted by Crippen LogP contribution is 2.08. The Hall–Kier alpha value is -1.36. The molecule has 0 aromatic carbocycles. The number of rotatable bonds is 5. The second kappa shape index (κ2) is 5.39. The molecule has 1 atom stereocenters. The molecule has 1 heterocycles. The van der Waals surface area contributed by atoms with E-state index in [1.807, 2.05) is 6.92 Å². The fourth-order valence-electron chi connectivity index (χ4n) is 1.14. The first kappa shape index (κ1) is 10.7. The van der Waals surface area contributed by atoms with Gasteiger partial charge < -0.3 is 11.1 Å². The molecule has 14 heavy (non-hydrogen) atoms. The molecule has 0 saturated heterocycles. The van der Waals surface area contributed by atoms with Crippen molar-refractivity contribution in [1.82, 2.24) is 10.2 Å². The molecule has 5 heteroatoms. The molecule has 1 rings (SSSR count). The molecule has 0 saturated carbocycles. The predicted octanol–water partition coefficient (Wildman–Crippen LogP) is 0.723. The van der Waals surface area contributed by atoms with Crippen molar-refractivity contribution in [3.63, 3.8) is 0 Å². The van der Waals surface area contributed by atoms with E-state index < -0.39 is 0 Å². The van der Waals surface area contributed by atoms with Gasteiger partial charge in [0.1, 0.15) is 5.82 Å². The van der Waals surface area contributed by atoms with Crippen LogP contribution in [0.5, 0.6) is 0 Å². The van der Waals surface area contributed by atoms with Crippen molar-refractivity contribution in [3.05, 3.63) is 12.3 Å². The van der Waals surface area contributed by atoms with Gasteiger partial charge in [0, 0.05) is 12.0 Å². The fraction of sp³-hybridized carbons (Fsp3) is 0.556. The Morgan fingerprint density at radius 2 is 2.57 bits per heavy atom. The SMILES string of the molecule is CC(CCCN)C(=O)Nc1ccn[nH]1. The average molecular weight is 196 g/mol. The zero-order valence-electron chi connectivity index (χ0n) is 8.29. The number of nitrogens with two attached hydrogens (primary N) is 1. The van der Waals surface area contributed by atoms with Crippen LogP contribution in [-0.4, -0.2) is 22.6 Å². The number of anilines is 1. The largest absolute Gasteiger partial charge is 0.330 e. The number of amides is 1. The van der Waals surface area contributed by atoms with Crippen LogP contribution >= 0.6 is 0 Å². The summed E-state index contributed by atoms with van der Waals surface area (Å²) in [5.74, 6) is 0.624. The van der Waals surface area contributed by atoms with Gasteiger partial charge >= 0.3 is 0 Å². The van der Waals surface area contributed by atoms with Gasteiger partial charge in [0.05, 0.1) is 6.20 Å². The molecule has 5 nitrogen and oxygen atoms in total. The number of nitrogens with zero attached hydrogens (tertiary/aromatic N) is 1. The number of carbonyl (C=O) groups excluding carboxylic acids is 1. The van der Waals surface area contributed by atoms with Gasteiger partial charge in [-0.1, -0.05) is 6.92 Å². The van der Waals surface area contributed by atoms with Gasteiger partial charge in [0.15, 0.2) is 0 Å². The van der Waals surface area contributed by atoms with Crippen LogP contribution in [0.4, 0.5) is 5.82 Å². The maximum atomic E-state index is 11.5. The summed E-state index contributed by atoms with van der Waals surface area (Å²) < 4.78 is 0. The molecule has 0 radical (unpaired) electrons. The average Bonchev–Trinajstić information content (AvgIpc) is 2.66. The number of hydrogen-bond acceptors (Lipinski definition) is 3. The Labute approximate surface area is 83.1 Å². The van der Waals surface area contributed by atoms with Crippen molar-refractivity contribution < 1.29 is 4.79 Å². The zero-order valence-corrected chi connectivity index (χ0v) is 8.29. The van der Waals surface area contributed by atoms with E-state index in [9.17, 15) is 4.79 Å². The molecular formula is C9H16N4O. The van der Waals surface area contributed by atoms with Gasteiger partial charge in [-0.15, -0.1) is 0 Å². The van der Waals surface area contributed by atoms with E-state index in [4.69, 9.17) is 5.73 Å². The first-order valence-corrected chi connectivity index (χ1v) is 4.74. The highest BCUT2D eigenvalue weighted by Gasteiger charge is 2.12. The normalized spacial score (nSPS) is 12.4. The molecule has 0 bridgehead atoms. The van der Waals surface area contributed by atoms with E-state index in [0.717, 1.165) is 12.8 Å². The molecule has 1 aromatic heterocycles. The fourth-order valence-corrected chi connectivity index (χ4v) is 1.14. The molecule has 0 aliphatic rings. The van der Waals surface area contributed by atoms with Crippen LogP contribution in [0.25, 0.3) is 0 Å². The molecule has 0 aliphatic heterocycles. The van der Waals surface area contributed by atoms with E-state index in [0.29, 0.717) is 12.4 Å². The van der Waals surface area contributed by atoms with Gasteiger partial charge in [0.25, 0.3) is 0 Å². The highest BCUT2D eigenvalue weighted by atomic mass is 16.1. The number of hydrogen-bond donors (Lipinski definition) is 3. The number of H-pyrrole nitrogens is 1. The predicted molar refractivity (Wildman–Crippen MR) is 54.7 cm³/mol. The van der Waals surface area contributed by atoms with Crippen LogP contribution in [0, 0.1) is 5.92 Å². The molecule has 78 valence electrons. The van der Waals surface area contributed by atoms with Gasteiger partial charge in [0.2, 0.25) is 5.91 Å². The Kier molecular flexibility index (Phi) is 4.12. The second-order valence-electron chi connectivity index (χ2n) is 3.29. The van der Waals surface area contributed by atoms with Crippen molar-refractivity contribution in [1.29, 1.82) is 0 Å². The van der Waals surface area contributed by atoms with E-state index >= 15 is 0 Å². The minimum Gasteiger partial charge on any atom is -0.330 e. The number of aromatic nitrogens is 2. The lowest BCUT2D eigenvalue weighted by atomic mass is 10.1. The van der Waals surface area contributed by atoms with Crippen LogP contribution in [0.15, 0.2) is 12.3 Å². The monoisotopic (exact) mass is 196 g/mol. The Morgan fingerprint density at radius 1 is 1.79 bits per heavy atom. The van der Waals surface area contributed by atoms with Crippen LogP contribution in [0.3, 0.4) is 0 Å². The van der Waals surface area contributed by atoms with E-state index in [1.165, 1.54) is 0 Å². The lowest BCUT2D eigenvalue weighted by Crippen LogP contribution is -2.21. The summed E-state index contributed by atoms with van der Waals surface area (Å²) in [7, 11) is 0. The number of aromatic amines is 1. The molecule has 1 aromatic rings. The standard InChI is InChI=1S/C9H16N4O/c1-7(3-2-5-10)9(14)12-8-4-6-11-13-8/h4,6-7H,2-3,5,10H2,1H3,(H2,11,12,13,14).